The summed E-state index contributed by atoms with van der Waals surface area (Å²) in [7, 11) is 0. The molecule has 0 atom stereocenters. The van der Waals surface area contributed by atoms with E-state index in [1.54, 1.807) is 0 Å². The molecule has 0 amide bonds. The van der Waals surface area contributed by atoms with E-state index in [2.05, 4.69) is 0 Å². The van der Waals surface area contributed by atoms with Crippen LogP contribution < -0.4 is 0 Å². The summed E-state index contributed by atoms with van der Waals surface area (Å²) in [4.78, 5) is 9.95. The number of rotatable bonds is 0. The highest BCUT2D eigenvalue weighted by Gasteiger charge is 1.96. The van der Waals surface area contributed by atoms with E-state index in [9.17, 15) is 4.79 Å². The van der Waals surface area contributed by atoms with Gasteiger partial charge in [-0.1, -0.05) is 12.2 Å². The molecular formula is C7H8O. The van der Waals surface area contributed by atoms with Crippen LogP contribution in [0.2, 0.25) is 0 Å². The molecule has 0 aliphatic heterocycles. The summed E-state index contributed by atoms with van der Waals surface area (Å²) in [5.74, 6) is 1.88. The van der Waals surface area contributed by atoms with Gasteiger partial charge in [-0.2, -0.15) is 0 Å². The molecule has 0 aromatic rings. The normalized spacial score (nSPS) is 18.2. The van der Waals surface area contributed by atoms with Gasteiger partial charge in [0.05, 0.1) is 0 Å². The van der Waals surface area contributed by atoms with E-state index >= 15 is 0 Å². The standard InChI is InChI=1S/C7H8O/c8-6-7-4-2-1-3-5-7/h2,4H,1,3,5H2. The molecule has 1 heteroatoms. The average Bonchev–Trinajstić information content (AvgIpc) is 1.90. The van der Waals surface area contributed by atoms with Crippen molar-refractivity contribution in [2.24, 2.45) is 0 Å². The van der Waals surface area contributed by atoms with Gasteiger partial charge in [0, 0.05) is 5.57 Å². The lowest BCUT2D eigenvalue weighted by atomic mass is 10.0. The van der Waals surface area contributed by atoms with Crippen molar-refractivity contribution in [2.45, 2.75) is 19.3 Å². The van der Waals surface area contributed by atoms with Crippen LogP contribution in [0, 0.1) is 0 Å². The van der Waals surface area contributed by atoms with Crippen molar-refractivity contribution in [3.05, 3.63) is 17.7 Å². The van der Waals surface area contributed by atoms with E-state index in [1.165, 1.54) is 0 Å². The fourth-order valence-electron chi connectivity index (χ4n) is 0.804. The van der Waals surface area contributed by atoms with Crippen LogP contribution in [0.25, 0.3) is 0 Å². The molecule has 1 rings (SSSR count). The Kier molecular flexibility index (Phi) is 1.66. The van der Waals surface area contributed by atoms with Crippen LogP contribution in [-0.2, 0) is 4.79 Å². The van der Waals surface area contributed by atoms with Gasteiger partial charge in [0.25, 0.3) is 0 Å². The van der Waals surface area contributed by atoms with Crippen molar-refractivity contribution in [3.63, 3.8) is 0 Å². The Hall–Kier alpha value is -0.810. The topological polar surface area (TPSA) is 17.1 Å². The lowest BCUT2D eigenvalue weighted by Crippen LogP contribution is -1.85. The van der Waals surface area contributed by atoms with E-state index in [-0.39, 0.29) is 0 Å². The molecule has 1 aliphatic carbocycles. The van der Waals surface area contributed by atoms with Crippen LogP contribution >= 0.6 is 0 Å². The van der Waals surface area contributed by atoms with E-state index in [0.717, 1.165) is 24.8 Å². The Bertz CT molecular complexity index is 150. The van der Waals surface area contributed by atoms with Crippen LogP contribution in [0.4, 0.5) is 0 Å². The molecule has 0 aromatic carbocycles. The van der Waals surface area contributed by atoms with Gasteiger partial charge in [-0.3, -0.25) is 0 Å². The van der Waals surface area contributed by atoms with E-state index < -0.39 is 0 Å². The lowest BCUT2D eigenvalue weighted by Gasteiger charge is -2.00. The van der Waals surface area contributed by atoms with Gasteiger partial charge in [0.1, 0.15) is 5.94 Å². The summed E-state index contributed by atoms with van der Waals surface area (Å²) in [6, 6.07) is 0. The van der Waals surface area contributed by atoms with Crippen molar-refractivity contribution < 1.29 is 4.79 Å². The fourth-order valence-corrected chi connectivity index (χ4v) is 0.804. The molecule has 0 fully saturated rings. The Labute approximate surface area is 48.7 Å². The molecule has 0 heterocycles. The molecule has 0 aromatic heterocycles. The molecule has 8 heavy (non-hydrogen) atoms. The third-order valence-electron chi connectivity index (χ3n) is 1.27. The van der Waals surface area contributed by atoms with Crippen molar-refractivity contribution in [3.8, 4) is 0 Å². The first-order valence-corrected chi connectivity index (χ1v) is 2.84. The van der Waals surface area contributed by atoms with Gasteiger partial charge in [-0.25, -0.2) is 4.79 Å². The number of hydrogen-bond donors (Lipinski definition) is 0. The summed E-state index contributed by atoms with van der Waals surface area (Å²) in [5, 5.41) is 0. The minimum atomic E-state index is 0.816. The zero-order valence-electron chi connectivity index (χ0n) is 4.68. The minimum Gasteiger partial charge on any atom is -0.233 e. The summed E-state index contributed by atoms with van der Waals surface area (Å²) in [6.45, 7) is 0. The highest BCUT2D eigenvalue weighted by molar-refractivity contribution is 5.57. The number of allylic oxidation sites excluding steroid dienone is 3. The van der Waals surface area contributed by atoms with Gasteiger partial charge < -0.3 is 0 Å². The molecule has 0 spiro atoms. The molecule has 42 valence electrons. The highest BCUT2D eigenvalue weighted by atomic mass is 16.1. The van der Waals surface area contributed by atoms with Gasteiger partial charge in [-0.15, -0.1) is 0 Å². The predicted molar refractivity (Wildman–Crippen MR) is 32.2 cm³/mol. The quantitative estimate of drug-likeness (QED) is 0.429. The molecule has 1 aliphatic rings. The van der Waals surface area contributed by atoms with Crippen LogP contribution in [0.15, 0.2) is 17.7 Å². The fraction of sp³-hybridized carbons (Fsp3) is 0.429. The van der Waals surface area contributed by atoms with Crippen LogP contribution in [0.5, 0.6) is 0 Å². The molecular weight excluding hydrogens is 100 g/mol. The maximum atomic E-state index is 9.95. The largest absolute Gasteiger partial charge is 0.233 e. The Morgan fingerprint density at radius 3 is 2.88 bits per heavy atom. The van der Waals surface area contributed by atoms with Crippen LogP contribution in [0.1, 0.15) is 19.3 Å². The summed E-state index contributed by atoms with van der Waals surface area (Å²) < 4.78 is 0. The maximum Gasteiger partial charge on any atom is 0.127 e. The molecule has 1 nitrogen and oxygen atoms in total. The second-order valence-corrected chi connectivity index (χ2v) is 1.92. The van der Waals surface area contributed by atoms with Crippen molar-refractivity contribution in [1.29, 1.82) is 0 Å². The predicted octanol–water partition coefficient (Wildman–Crippen LogP) is 1.48. The third kappa shape index (κ3) is 1.08. The lowest BCUT2D eigenvalue weighted by molar-refractivity contribution is 0.566. The summed E-state index contributed by atoms with van der Waals surface area (Å²) in [6.07, 6.45) is 7.02. The smallest absolute Gasteiger partial charge is 0.127 e. The first-order chi connectivity index (χ1) is 3.93. The van der Waals surface area contributed by atoms with Crippen molar-refractivity contribution in [2.75, 3.05) is 0 Å². The Morgan fingerprint density at radius 2 is 2.50 bits per heavy atom. The first-order valence-electron chi connectivity index (χ1n) is 2.84. The molecule has 0 N–H and O–H groups in total. The third-order valence-corrected chi connectivity index (χ3v) is 1.27. The van der Waals surface area contributed by atoms with Gasteiger partial charge in [0.15, 0.2) is 0 Å². The molecule has 0 unspecified atom stereocenters. The second kappa shape index (κ2) is 2.49. The zero-order chi connectivity index (χ0) is 5.82. The zero-order valence-corrected chi connectivity index (χ0v) is 4.68. The van der Waals surface area contributed by atoms with Gasteiger partial charge in [0.2, 0.25) is 0 Å². The van der Waals surface area contributed by atoms with Crippen molar-refractivity contribution >= 4 is 5.94 Å². The van der Waals surface area contributed by atoms with E-state index in [0.29, 0.717) is 0 Å². The van der Waals surface area contributed by atoms with Crippen LogP contribution in [-0.4, -0.2) is 5.94 Å². The Morgan fingerprint density at radius 1 is 1.62 bits per heavy atom. The molecule has 0 bridgehead atoms. The molecule has 0 saturated heterocycles. The molecule has 0 saturated carbocycles. The van der Waals surface area contributed by atoms with Crippen LogP contribution in [0.3, 0.4) is 0 Å². The Balaban J connectivity index is 2.70. The van der Waals surface area contributed by atoms with Gasteiger partial charge in [-0.05, 0) is 19.3 Å². The van der Waals surface area contributed by atoms with E-state index in [4.69, 9.17) is 0 Å². The average molecular weight is 108 g/mol. The van der Waals surface area contributed by atoms with Crippen molar-refractivity contribution in [1.82, 2.24) is 0 Å². The van der Waals surface area contributed by atoms with Gasteiger partial charge >= 0.3 is 0 Å². The van der Waals surface area contributed by atoms with E-state index in [1.807, 2.05) is 18.1 Å². The summed E-state index contributed by atoms with van der Waals surface area (Å²) >= 11 is 0. The monoisotopic (exact) mass is 108 g/mol. The SMILES string of the molecule is O=C=C1C=CCCC1. The maximum absolute atomic E-state index is 9.95. The highest BCUT2D eigenvalue weighted by Crippen LogP contribution is 2.12. The molecule has 0 radical (unpaired) electrons. The summed E-state index contributed by atoms with van der Waals surface area (Å²) in [5.41, 5.74) is 0.816. The minimum absolute atomic E-state index is 0.816. The second-order valence-electron chi connectivity index (χ2n) is 1.92. The first kappa shape index (κ1) is 5.33. The number of hydrogen-bond acceptors (Lipinski definition) is 1. The number of carbonyl (C=O) groups excluding carboxylic acids is 1.